The van der Waals surface area contributed by atoms with Gasteiger partial charge in [-0.15, -0.1) is 11.3 Å². The number of rotatable bonds is 5. The highest BCUT2D eigenvalue weighted by atomic mass is 32.1. The quantitative estimate of drug-likeness (QED) is 0.481. The molecule has 8 heteroatoms. The van der Waals surface area contributed by atoms with Crippen LogP contribution in [0.3, 0.4) is 0 Å². The number of hydrogen-bond donors (Lipinski definition) is 2. The highest BCUT2D eigenvalue weighted by Crippen LogP contribution is 2.33. The molecular weight excluding hydrogens is 388 g/mol. The zero-order valence-electron chi connectivity index (χ0n) is 17.1. The Kier molecular flexibility index (Phi) is 5.83. The molecule has 1 aromatic carbocycles. The minimum Gasteiger partial charge on any atom is -0.462 e. The molecule has 0 aliphatic rings. The van der Waals surface area contributed by atoms with Crippen molar-refractivity contribution in [3.63, 3.8) is 0 Å². The number of esters is 1. The number of fused-ring (bicyclic) bond motifs is 1. The number of carbonyl (C=O) groups excluding carboxylic acids is 2. The van der Waals surface area contributed by atoms with E-state index in [1.54, 1.807) is 19.1 Å². The van der Waals surface area contributed by atoms with Crippen LogP contribution in [0.15, 0.2) is 30.6 Å². The summed E-state index contributed by atoms with van der Waals surface area (Å²) in [4.78, 5) is 34.2. The molecule has 3 aromatic rings. The molecule has 0 bridgehead atoms. The third-order valence-electron chi connectivity index (χ3n) is 4.50. The SMILES string of the molecule is CCOC(=O)c1sc2ncnc(NNC(=O)c3ccc(C(C)(C)C)cc3)c2c1C. The number of hydrazine groups is 1. The summed E-state index contributed by atoms with van der Waals surface area (Å²) >= 11 is 1.24. The Morgan fingerprint density at radius 3 is 2.45 bits per heavy atom. The van der Waals surface area contributed by atoms with E-state index in [-0.39, 0.29) is 17.3 Å². The maximum Gasteiger partial charge on any atom is 0.348 e. The predicted molar refractivity (Wildman–Crippen MR) is 114 cm³/mol. The Hall–Kier alpha value is -3.00. The first kappa shape index (κ1) is 20.7. The second kappa shape index (κ2) is 8.16. The second-order valence-corrected chi connectivity index (χ2v) is 8.58. The molecule has 0 radical (unpaired) electrons. The third-order valence-corrected chi connectivity index (χ3v) is 5.68. The van der Waals surface area contributed by atoms with Crippen molar-refractivity contribution in [1.29, 1.82) is 0 Å². The fraction of sp³-hybridized carbons (Fsp3) is 0.333. The van der Waals surface area contributed by atoms with Crippen molar-refractivity contribution in [1.82, 2.24) is 15.4 Å². The summed E-state index contributed by atoms with van der Waals surface area (Å²) in [5, 5.41) is 0.684. The first-order valence-corrected chi connectivity index (χ1v) is 10.1. The van der Waals surface area contributed by atoms with E-state index < -0.39 is 0 Å². The molecule has 0 aliphatic carbocycles. The van der Waals surface area contributed by atoms with E-state index in [9.17, 15) is 9.59 Å². The number of nitrogens with zero attached hydrogens (tertiary/aromatic N) is 2. The molecule has 0 saturated heterocycles. The fourth-order valence-corrected chi connectivity index (χ4v) is 3.91. The van der Waals surface area contributed by atoms with Gasteiger partial charge in [-0.3, -0.25) is 15.6 Å². The van der Waals surface area contributed by atoms with Crippen LogP contribution < -0.4 is 10.9 Å². The Balaban J connectivity index is 1.80. The van der Waals surface area contributed by atoms with Crippen molar-refractivity contribution in [3.05, 3.63) is 52.2 Å². The third kappa shape index (κ3) is 4.37. The number of nitrogens with one attached hydrogen (secondary N) is 2. The molecule has 0 aliphatic heterocycles. The summed E-state index contributed by atoms with van der Waals surface area (Å²) in [6.45, 7) is 10.2. The standard InChI is InChI=1S/C21H24N4O3S/c1-6-28-20(27)16-12(2)15-17(22-11-23-19(15)29-16)24-25-18(26)13-7-9-14(10-8-13)21(3,4)5/h7-11H,6H2,1-5H3,(H,25,26)(H,22,23,24). The van der Waals surface area contributed by atoms with Crippen molar-refractivity contribution in [2.45, 2.75) is 40.0 Å². The first-order chi connectivity index (χ1) is 13.7. The Labute approximate surface area is 173 Å². The van der Waals surface area contributed by atoms with Crippen LogP contribution in [0, 0.1) is 6.92 Å². The van der Waals surface area contributed by atoms with Gasteiger partial charge in [-0.25, -0.2) is 14.8 Å². The molecule has 2 heterocycles. The highest BCUT2D eigenvalue weighted by Gasteiger charge is 2.20. The lowest BCUT2D eigenvalue weighted by Crippen LogP contribution is -2.30. The molecule has 3 rings (SSSR count). The van der Waals surface area contributed by atoms with Gasteiger partial charge in [0.15, 0.2) is 5.82 Å². The summed E-state index contributed by atoms with van der Waals surface area (Å²) < 4.78 is 5.10. The number of thiophene rings is 1. The van der Waals surface area contributed by atoms with Gasteiger partial charge in [0.1, 0.15) is 16.0 Å². The van der Waals surface area contributed by atoms with Gasteiger partial charge in [0.25, 0.3) is 5.91 Å². The topological polar surface area (TPSA) is 93.2 Å². The van der Waals surface area contributed by atoms with E-state index in [1.807, 2.05) is 19.1 Å². The molecule has 2 aromatic heterocycles. The Bertz CT molecular complexity index is 1050. The van der Waals surface area contributed by atoms with Gasteiger partial charge >= 0.3 is 5.97 Å². The molecule has 1 amide bonds. The van der Waals surface area contributed by atoms with Crippen molar-refractivity contribution >= 4 is 39.2 Å². The van der Waals surface area contributed by atoms with Crippen LogP contribution in [0.4, 0.5) is 5.82 Å². The van der Waals surface area contributed by atoms with Crippen LogP contribution in [0.25, 0.3) is 10.2 Å². The van der Waals surface area contributed by atoms with E-state index in [1.165, 1.54) is 17.7 Å². The van der Waals surface area contributed by atoms with Gasteiger partial charge in [-0.1, -0.05) is 32.9 Å². The molecular formula is C21H24N4O3S. The zero-order chi connectivity index (χ0) is 21.2. The maximum atomic E-state index is 12.5. The Morgan fingerprint density at radius 2 is 1.83 bits per heavy atom. The van der Waals surface area contributed by atoms with Gasteiger partial charge < -0.3 is 4.74 Å². The average molecular weight is 413 g/mol. The number of aryl methyl sites for hydroxylation is 1. The van der Waals surface area contributed by atoms with Gasteiger partial charge in [0.05, 0.1) is 12.0 Å². The molecule has 0 saturated carbocycles. The number of carbonyl (C=O) groups is 2. The lowest BCUT2D eigenvalue weighted by atomic mass is 9.87. The fourth-order valence-electron chi connectivity index (χ4n) is 2.87. The van der Waals surface area contributed by atoms with Crippen molar-refractivity contribution < 1.29 is 14.3 Å². The molecule has 29 heavy (non-hydrogen) atoms. The molecule has 0 fully saturated rings. The summed E-state index contributed by atoms with van der Waals surface area (Å²) in [5.41, 5.74) is 7.95. The van der Waals surface area contributed by atoms with Crippen molar-refractivity contribution in [3.8, 4) is 0 Å². The van der Waals surface area contributed by atoms with Gasteiger partial charge in [0, 0.05) is 5.56 Å². The number of ether oxygens (including phenoxy) is 1. The van der Waals surface area contributed by atoms with Gasteiger partial charge in [-0.2, -0.15) is 0 Å². The van der Waals surface area contributed by atoms with Gasteiger partial charge in [0.2, 0.25) is 0 Å². The van der Waals surface area contributed by atoms with E-state index in [0.717, 1.165) is 11.1 Å². The van der Waals surface area contributed by atoms with E-state index >= 15 is 0 Å². The van der Waals surface area contributed by atoms with Gasteiger partial charge in [-0.05, 0) is 42.5 Å². The minimum absolute atomic E-state index is 0.0208. The normalized spacial score (nSPS) is 11.3. The van der Waals surface area contributed by atoms with E-state index in [2.05, 4.69) is 41.6 Å². The predicted octanol–water partition coefficient (Wildman–Crippen LogP) is 4.23. The Morgan fingerprint density at radius 1 is 1.14 bits per heavy atom. The van der Waals surface area contributed by atoms with Crippen LogP contribution in [-0.4, -0.2) is 28.5 Å². The highest BCUT2D eigenvalue weighted by molar-refractivity contribution is 7.20. The molecule has 0 unspecified atom stereocenters. The monoisotopic (exact) mass is 412 g/mol. The average Bonchev–Trinajstić information content (AvgIpc) is 3.03. The van der Waals surface area contributed by atoms with Crippen LogP contribution in [0.1, 0.15) is 58.9 Å². The summed E-state index contributed by atoms with van der Waals surface area (Å²) in [7, 11) is 0. The lowest BCUT2D eigenvalue weighted by molar-refractivity contribution is 0.0531. The number of aromatic nitrogens is 2. The first-order valence-electron chi connectivity index (χ1n) is 9.30. The van der Waals surface area contributed by atoms with Crippen LogP contribution in [0.5, 0.6) is 0 Å². The summed E-state index contributed by atoms with van der Waals surface area (Å²) in [6.07, 6.45) is 1.39. The molecule has 0 spiro atoms. The van der Waals surface area contributed by atoms with E-state index in [4.69, 9.17) is 4.74 Å². The maximum absolute atomic E-state index is 12.5. The molecule has 0 atom stereocenters. The lowest BCUT2D eigenvalue weighted by Gasteiger charge is -2.19. The summed E-state index contributed by atoms with van der Waals surface area (Å²) in [5.74, 6) is -0.239. The van der Waals surface area contributed by atoms with Crippen molar-refractivity contribution in [2.24, 2.45) is 0 Å². The van der Waals surface area contributed by atoms with E-state index in [0.29, 0.717) is 33.1 Å². The second-order valence-electron chi connectivity index (χ2n) is 7.59. The number of anilines is 1. The number of benzene rings is 1. The summed E-state index contributed by atoms with van der Waals surface area (Å²) in [6, 6.07) is 7.49. The van der Waals surface area contributed by atoms with Crippen LogP contribution >= 0.6 is 11.3 Å². The van der Waals surface area contributed by atoms with Crippen molar-refractivity contribution in [2.75, 3.05) is 12.0 Å². The van der Waals surface area contributed by atoms with Crippen LogP contribution in [0.2, 0.25) is 0 Å². The van der Waals surface area contributed by atoms with Crippen LogP contribution in [-0.2, 0) is 10.2 Å². The molecule has 152 valence electrons. The largest absolute Gasteiger partial charge is 0.462 e. The minimum atomic E-state index is -0.387. The number of hydrogen-bond acceptors (Lipinski definition) is 7. The zero-order valence-corrected chi connectivity index (χ0v) is 17.9. The smallest absolute Gasteiger partial charge is 0.348 e. The molecule has 7 nitrogen and oxygen atoms in total. The molecule has 2 N–H and O–H groups in total. The number of amides is 1.